The molecular weight excluding hydrogens is 198 g/mol. The fourth-order valence-electron chi connectivity index (χ4n) is 1.63. The van der Waals surface area contributed by atoms with Crippen LogP contribution in [0.2, 0.25) is 0 Å². The molecule has 1 rings (SSSR count). The van der Waals surface area contributed by atoms with Crippen LogP contribution in [0, 0.1) is 17.6 Å². The van der Waals surface area contributed by atoms with Gasteiger partial charge in [-0.3, -0.25) is 0 Å². The predicted octanol–water partition coefficient (Wildman–Crippen LogP) is 3.12. The van der Waals surface area contributed by atoms with Crippen molar-refractivity contribution in [2.75, 3.05) is 0 Å². The smallest absolute Gasteiger partial charge is 0.130 e. The predicted molar refractivity (Wildman–Crippen MR) is 54.5 cm³/mol. The summed E-state index contributed by atoms with van der Waals surface area (Å²) in [5, 5.41) is 0. The maximum absolute atomic E-state index is 13.2. The number of halogens is 2. The van der Waals surface area contributed by atoms with Crippen LogP contribution in [-0.4, -0.2) is 5.78 Å². The van der Waals surface area contributed by atoms with Crippen molar-refractivity contribution in [1.29, 1.82) is 0 Å². The van der Waals surface area contributed by atoms with E-state index >= 15 is 0 Å². The first kappa shape index (κ1) is 11.8. The normalized spacial score (nSPS) is 12.5. The summed E-state index contributed by atoms with van der Waals surface area (Å²) in [4.78, 5) is 10.8. The molecule has 1 nitrogen and oxygen atoms in total. The van der Waals surface area contributed by atoms with E-state index in [1.807, 2.05) is 6.92 Å². The topological polar surface area (TPSA) is 17.1 Å². The molecule has 0 aromatic heterocycles. The van der Waals surface area contributed by atoms with Crippen molar-refractivity contribution in [2.45, 2.75) is 26.7 Å². The molecule has 0 heterocycles. The molecule has 0 N–H and O–H groups in total. The Hall–Kier alpha value is -1.25. The fourth-order valence-corrected chi connectivity index (χ4v) is 1.63. The van der Waals surface area contributed by atoms with E-state index < -0.39 is 11.6 Å². The van der Waals surface area contributed by atoms with Crippen molar-refractivity contribution in [3.05, 3.63) is 35.4 Å². The number of rotatable bonds is 4. The van der Waals surface area contributed by atoms with E-state index in [0.29, 0.717) is 18.4 Å². The molecule has 3 heteroatoms. The molecule has 1 aromatic rings. The molecule has 0 radical (unpaired) electrons. The van der Waals surface area contributed by atoms with Crippen molar-refractivity contribution in [1.82, 2.24) is 0 Å². The summed E-state index contributed by atoms with van der Waals surface area (Å²) < 4.78 is 25.8. The molecule has 0 saturated heterocycles. The van der Waals surface area contributed by atoms with Gasteiger partial charge < -0.3 is 4.79 Å². The molecule has 1 atom stereocenters. The van der Waals surface area contributed by atoms with Gasteiger partial charge in [0, 0.05) is 12.5 Å². The van der Waals surface area contributed by atoms with E-state index in [2.05, 4.69) is 0 Å². The number of hydrogen-bond acceptors (Lipinski definition) is 1. The van der Waals surface area contributed by atoms with E-state index in [1.165, 1.54) is 19.1 Å². The van der Waals surface area contributed by atoms with Gasteiger partial charge in [0.25, 0.3) is 0 Å². The van der Waals surface area contributed by atoms with Gasteiger partial charge in [-0.05, 0) is 30.9 Å². The zero-order chi connectivity index (χ0) is 11.4. The maximum Gasteiger partial charge on any atom is 0.130 e. The zero-order valence-corrected chi connectivity index (χ0v) is 8.89. The summed E-state index contributed by atoms with van der Waals surface area (Å²) in [6, 6.07) is 3.54. The quantitative estimate of drug-likeness (QED) is 0.749. The number of carbonyl (C=O) groups excluding carboxylic acids is 1. The number of hydrogen-bond donors (Lipinski definition) is 0. The molecule has 0 bridgehead atoms. The van der Waals surface area contributed by atoms with Gasteiger partial charge >= 0.3 is 0 Å². The van der Waals surface area contributed by atoms with Crippen molar-refractivity contribution in [3.8, 4) is 0 Å². The molecule has 15 heavy (non-hydrogen) atoms. The van der Waals surface area contributed by atoms with Gasteiger partial charge in [-0.25, -0.2) is 8.78 Å². The van der Waals surface area contributed by atoms with Gasteiger partial charge in [-0.2, -0.15) is 0 Å². The summed E-state index contributed by atoms with van der Waals surface area (Å²) in [5.41, 5.74) is 0.463. The van der Waals surface area contributed by atoms with Crippen LogP contribution in [-0.2, 0) is 11.2 Å². The Morgan fingerprint density at radius 3 is 2.60 bits per heavy atom. The molecule has 0 aliphatic heterocycles. The first-order chi connectivity index (χ1) is 6.99. The van der Waals surface area contributed by atoms with E-state index in [4.69, 9.17) is 0 Å². The Bertz CT molecular complexity index is 361. The molecule has 0 amide bonds. The third-order valence-electron chi connectivity index (χ3n) is 2.22. The van der Waals surface area contributed by atoms with Gasteiger partial charge in [0.2, 0.25) is 0 Å². The molecule has 1 aromatic carbocycles. The largest absolute Gasteiger partial charge is 0.300 e. The maximum atomic E-state index is 13.2. The summed E-state index contributed by atoms with van der Waals surface area (Å²) in [7, 11) is 0. The highest BCUT2D eigenvalue weighted by Gasteiger charge is 2.10. The lowest BCUT2D eigenvalue weighted by atomic mass is 9.96. The van der Waals surface area contributed by atoms with Crippen LogP contribution in [0.25, 0.3) is 0 Å². The molecular formula is C12H14F2O. The number of benzene rings is 1. The lowest BCUT2D eigenvalue weighted by Gasteiger charge is -2.09. The third-order valence-corrected chi connectivity index (χ3v) is 2.22. The van der Waals surface area contributed by atoms with Crippen molar-refractivity contribution < 1.29 is 13.6 Å². The Morgan fingerprint density at radius 2 is 2.07 bits per heavy atom. The van der Waals surface area contributed by atoms with Gasteiger partial charge in [0.1, 0.15) is 17.4 Å². The van der Waals surface area contributed by atoms with Crippen molar-refractivity contribution in [2.24, 2.45) is 5.92 Å². The van der Waals surface area contributed by atoms with Gasteiger partial charge in [-0.1, -0.05) is 13.0 Å². The number of carbonyl (C=O) groups is 1. The van der Waals surface area contributed by atoms with Gasteiger partial charge in [-0.15, -0.1) is 0 Å². The molecule has 0 spiro atoms. The number of ketones is 1. The van der Waals surface area contributed by atoms with Crippen LogP contribution >= 0.6 is 0 Å². The molecule has 82 valence electrons. The minimum atomic E-state index is -0.574. The van der Waals surface area contributed by atoms with Crippen LogP contribution in [0.3, 0.4) is 0 Å². The molecule has 0 saturated carbocycles. The van der Waals surface area contributed by atoms with Crippen LogP contribution < -0.4 is 0 Å². The lowest BCUT2D eigenvalue weighted by Crippen LogP contribution is -2.06. The first-order valence-electron chi connectivity index (χ1n) is 4.92. The standard InChI is InChI=1S/C12H14F2O/c1-8(5-9(2)15)6-10-3-4-11(13)7-12(10)14/h3-4,7-8H,5-6H2,1-2H3. The Labute approximate surface area is 88.1 Å². The van der Waals surface area contributed by atoms with Crippen LogP contribution in [0.5, 0.6) is 0 Å². The Kier molecular flexibility index (Phi) is 3.95. The minimum absolute atomic E-state index is 0.0856. The molecule has 0 fully saturated rings. The molecule has 1 unspecified atom stereocenters. The second-order valence-corrected chi connectivity index (χ2v) is 3.95. The second kappa shape index (κ2) is 5.01. The average molecular weight is 212 g/mol. The average Bonchev–Trinajstić information content (AvgIpc) is 2.08. The van der Waals surface area contributed by atoms with E-state index in [1.54, 1.807) is 0 Å². The number of Topliss-reactive ketones (excluding diaryl/α,β-unsaturated/α-hetero) is 1. The fraction of sp³-hybridized carbons (Fsp3) is 0.417. The van der Waals surface area contributed by atoms with Gasteiger partial charge in [0.05, 0.1) is 0 Å². The monoisotopic (exact) mass is 212 g/mol. The summed E-state index contributed by atoms with van der Waals surface area (Å²) in [5.74, 6) is -0.937. The molecule has 0 aliphatic rings. The summed E-state index contributed by atoms with van der Waals surface area (Å²) in [6.45, 7) is 3.39. The summed E-state index contributed by atoms with van der Waals surface area (Å²) >= 11 is 0. The Morgan fingerprint density at radius 1 is 1.40 bits per heavy atom. The highest BCUT2D eigenvalue weighted by Crippen LogP contribution is 2.16. The minimum Gasteiger partial charge on any atom is -0.300 e. The highest BCUT2D eigenvalue weighted by atomic mass is 19.1. The second-order valence-electron chi connectivity index (χ2n) is 3.95. The van der Waals surface area contributed by atoms with E-state index in [9.17, 15) is 13.6 Å². The van der Waals surface area contributed by atoms with E-state index in [0.717, 1.165) is 6.07 Å². The van der Waals surface area contributed by atoms with Crippen molar-refractivity contribution >= 4 is 5.78 Å². The first-order valence-corrected chi connectivity index (χ1v) is 4.92. The van der Waals surface area contributed by atoms with Crippen LogP contribution in [0.15, 0.2) is 18.2 Å². The zero-order valence-electron chi connectivity index (χ0n) is 8.89. The molecule has 0 aliphatic carbocycles. The van der Waals surface area contributed by atoms with Crippen LogP contribution in [0.1, 0.15) is 25.8 Å². The van der Waals surface area contributed by atoms with Gasteiger partial charge in [0.15, 0.2) is 0 Å². The lowest BCUT2D eigenvalue weighted by molar-refractivity contribution is -0.117. The van der Waals surface area contributed by atoms with E-state index in [-0.39, 0.29) is 11.7 Å². The highest BCUT2D eigenvalue weighted by molar-refractivity contribution is 5.75. The Balaban J connectivity index is 2.68. The third kappa shape index (κ3) is 3.78. The summed E-state index contributed by atoms with van der Waals surface area (Å²) in [6.07, 6.45) is 0.891. The SMILES string of the molecule is CC(=O)CC(C)Cc1ccc(F)cc1F. The van der Waals surface area contributed by atoms with Crippen molar-refractivity contribution in [3.63, 3.8) is 0 Å². The van der Waals surface area contributed by atoms with Crippen LogP contribution in [0.4, 0.5) is 8.78 Å².